The molecule has 0 atom stereocenters. The molecule has 6 nitrogen and oxygen atoms in total. The topological polar surface area (TPSA) is 81.2 Å². The Morgan fingerprint density at radius 1 is 1.36 bits per heavy atom. The zero-order valence-corrected chi connectivity index (χ0v) is 7.34. The Bertz CT molecular complexity index is 466. The smallest absolute Gasteiger partial charge is 0.231 e. The molecular weight excluding hydrogens is 184 g/mol. The highest BCUT2D eigenvalue weighted by molar-refractivity contribution is 5.64. The lowest BCUT2D eigenvalue weighted by atomic mass is 10.3. The maximum atomic E-state index is 10.4. The van der Waals surface area contributed by atoms with Crippen molar-refractivity contribution in [3.63, 3.8) is 0 Å². The van der Waals surface area contributed by atoms with Crippen LogP contribution in [0, 0.1) is 11.8 Å². The summed E-state index contributed by atoms with van der Waals surface area (Å²) in [4.78, 5) is 21.8. The van der Waals surface area contributed by atoms with Gasteiger partial charge in [-0.05, 0) is 12.1 Å². The van der Waals surface area contributed by atoms with Crippen molar-refractivity contribution >= 4 is 5.82 Å². The van der Waals surface area contributed by atoms with Crippen LogP contribution < -0.4 is 0 Å². The van der Waals surface area contributed by atoms with Crippen molar-refractivity contribution in [2.45, 2.75) is 6.92 Å². The number of nitroso groups, excluding NO2 is 1. The Balaban J connectivity index is 2.55. The number of hydrogen-bond acceptors (Lipinski definition) is 6. The van der Waals surface area contributed by atoms with Crippen LogP contribution in [0.15, 0.2) is 28.3 Å². The third kappa shape index (κ3) is 1.37. The van der Waals surface area contributed by atoms with E-state index in [1.165, 1.54) is 12.5 Å². The van der Waals surface area contributed by atoms with Crippen molar-refractivity contribution < 1.29 is 4.42 Å². The van der Waals surface area contributed by atoms with E-state index in [4.69, 9.17) is 4.42 Å². The Labute approximate surface area is 79.0 Å². The molecule has 70 valence electrons. The van der Waals surface area contributed by atoms with E-state index in [2.05, 4.69) is 20.1 Å². The molecule has 0 radical (unpaired) electrons. The number of oxazole rings is 1. The average molecular weight is 190 g/mol. The Morgan fingerprint density at radius 2 is 2.21 bits per heavy atom. The van der Waals surface area contributed by atoms with Gasteiger partial charge in [0.15, 0.2) is 0 Å². The highest BCUT2D eigenvalue weighted by Gasteiger charge is 2.11. The summed E-state index contributed by atoms with van der Waals surface area (Å²) in [5, 5.41) is 2.76. The van der Waals surface area contributed by atoms with E-state index < -0.39 is 0 Å². The Hall–Kier alpha value is -2.11. The van der Waals surface area contributed by atoms with E-state index in [1.54, 1.807) is 13.1 Å². The molecule has 2 aromatic rings. The summed E-state index contributed by atoms with van der Waals surface area (Å²) < 4.78 is 5.22. The number of hydrogen-bond donors (Lipinski definition) is 0. The van der Waals surface area contributed by atoms with Gasteiger partial charge in [0.25, 0.3) is 0 Å². The van der Waals surface area contributed by atoms with Gasteiger partial charge in [-0.15, -0.1) is 4.91 Å². The summed E-state index contributed by atoms with van der Waals surface area (Å²) in [6.07, 6.45) is 4.24. The normalized spacial score (nSPS) is 10.1. The van der Waals surface area contributed by atoms with Crippen LogP contribution in [-0.4, -0.2) is 15.0 Å². The molecule has 0 aliphatic rings. The molecule has 2 heterocycles. The fourth-order valence-electron chi connectivity index (χ4n) is 1.03. The highest BCUT2D eigenvalue weighted by atomic mass is 16.4. The molecule has 0 aromatic carbocycles. The van der Waals surface area contributed by atoms with Gasteiger partial charge in [-0.25, -0.2) is 15.0 Å². The van der Waals surface area contributed by atoms with Gasteiger partial charge in [-0.1, -0.05) is 0 Å². The highest BCUT2D eigenvalue weighted by Crippen LogP contribution is 2.25. The monoisotopic (exact) mass is 190 g/mol. The van der Waals surface area contributed by atoms with Crippen LogP contribution >= 0.6 is 0 Å². The van der Waals surface area contributed by atoms with E-state index in [9.17, 15) is 4.91 Å². The standard InChI is InChI=1S/C8H6N4O2/c1-5-2-10-8(14-5)6-3-9-4-11-7(6)12-13/h2-4H,1H3. The third-order valence-corrected chi connectivity index (χ3v) is 1.63. The molecule has 0 amide bonds. The van der Waals surface area contributed by atoms with Crippen LogP contribution in [0.25, 0.3) is 11.5 Å². The molecule has 0 aliphatic carbocycles. The predicted molar refractivity (Wildman–Crippen MR) is 47.7 cm³/mol. The van der Waals surface area contributed by atoms with Gasteiger partial charge in [0.1, 0.15) is 17.7 Å². The summed E-state index contributed by atoms with van der Waals surface area (Å²) >= 11 is 0. The number of rotatable bonds is 2. The molecule has 2 rings (SSSR count). The van der Waals surface area contributed by atoms with Gasteiger partial charge in [-0.3, -0.25) is 0 Å². The van der Waals surface area contributed by atoms with E-state index in [0.717, 1.165) is 0 Å². The first-order chi connectivity index (χ1) is 6.81. The zero-order chi connectivity index (χ0) is 9.97. The quantitative estimate of drug-likeness (QED) is 0.674. The zero-order valence-electron chi connectivity index (χ0n) is 7.34. The number of aromatic nitrogens is 3. The lowest BCUT2D eigenvalue weighted by Gasteiger charge is -1.94. The first kappa shape index (κ1) is 8.49. The maximum Gasteiger partial charge on any atom is 0.231 e. The van der Waals surface area contributed by atoms with Crippen LogP contribution in [0.5, 0.6) is 0 Å². The second kappa shape index (κ2) is 3.33. The molecule has 0 fully saturated rings. The average Bonchev–Trinajstić information content (AvgIpc) is 2.65. The predicted octanol–water partition coefficient (Wildman–Crippen LogP) is 1.84. The first-order valence-electron chi connectivity index (χ1n) is 3.87. The second-order valence-electron chi connectivity index (χ2n) is 2.63. The minimum Gasteiger partial charge on any atom is -0.441 e. The molecule has 0 aliphatic heterocycles. The summed E-state index contributed by atoms with van der Waals surface area (Å²) in [7, 11) is 0. The van der Waals surface area contributed by atoms with Crippen molar-refractivity contribution in [1.82, 2.24) is 15.0 Å². The summed E-state index contributed by atoms with van der Waals surface area (Å²) in [6.45, 7) is 1.76. The largest absolute Gasteiger partial charge is 0.441 e. The number of aryl methyl sites for hydroxylation is 1. The first-order valence-corrected chi connectivity index (χ1v) is 3.87. The third-order valence-electron chi connectivity index (χ3n) is 1.63. The fourth-order valence-corrected chi connectivity index (χ4v) is 1.03. The van der Waals surface area contributed by atoms with Crippen LogP contribution in [0.1, 0.15) is 5.76 Å². The molecule has 0 saturated heterocycles. The molecule has 0 bridgehead atoms. The van der Waals surface area contributed by atoms with Crippen LogP contribution in [0.4, 0.5) is 5.82 Å². The minimum absolute atomic E-state index is 0.0295. The van der Waals surface area contributed by atoms with Crippen LogP contribution in [0.3, 0.4) is 0 Å². The molecular formula is C8H6N4O2. The van der Waals surface area contributed by atoms with Gasteiger partial charge < -0.3 is 4.42 Å². The van der Waals surface area contributed by atoms with E-state index in [-0.39, 0.29) is 5.82 Å². The van der Waals surface area contributed by atoms with Crippen LogP contribution in [-0.2, 0) is 0 Å². The molecule has 0 unspecified atom stereocenters. The Morgan fingerprint density at radius 3 is 2.86 bits per heavy atom. The SMILES string of the molecule is Cc1cnc(-c2cncnc2N=O)o1. The van der Waals surface area contributed by atoms with Gasteiger partial charge in [-0.2, -0.15) is 0 Å². The summed E-state index contributed by atoms with van der Waals surface area (Å²) in [6, 6.07) is 0. The van der Waals surface area contributed by atoms with Crippen molar-refractivity contribution in [2.75, 3.05) is 0 Å². The van der Waals surface area contributed by atoms with Crippen molar-refractivity contribution in [1.29, 1.82) is 0 Å². The molecule has 0 N–H and O–H groups in total. The Kier molecular flexibility index (Phi) is 2.02. The molecule has 6 heteroatoms. The van der Waals surface area contributed by atoms with Gasteiger partial charge in [0, 0.05) is 6.20 Å². The molecule has 14 heavy (non-hydrogen) atoms. The molecule has 0 saturated carbocycles. The number of nitrogens with zero attached hydrogens (tertiary/aromatic N) is 4. The van der Waals surface area contributed by atoms with E-state index in [0.29, 0.717) is 17.2 Å². The molecule has 2 aromatic heterocycles. The van der Waals surface area contributed by atoms with E-state index in [1.807, 2.05) is 0 Å². The second-order valence-corrected chi connectivity index (χ2v) is 2.63. The molecule has 0 spiro atoms. The van der Waals surface area contributed by atoms with Crippen molar-refractivity contribution in [3.05, 3.63) is 29.4 Å². The van der Waals surface area contributed by atoms with Gasteiger partial charge >= 0.3 is 0 Å². The minimum atomic E-state index is 0.0295. The van der Waals surface area contributed by atoms with Crippen molar-refractivity contribution in [3.8, 4) is 11.5 Å². The summed E-state index contributed by atoms with van der Waals surface area (Å²) in [5.41, 5.74) is 0.399. The van der Waals surface area contributed by atoms with Gasteiger partial charge in [0.2, 0.25) is 11.7 Å². The van der Waals surface area contributed by atoms with E-state index >= 15 is 0 Å². The fraction of sp³-hybridized carbons (Fsp3) is 0.125. The van der Waals surface area contributed by atoms with Gasteiger partial charge in [0.05, 0.1) is 6.20 Å². The summed E-state index contributed by atoms with van der Waals surface area (Å²) in [5.74, 6) is 0.986. The maximum absolute atomic E-state index is 10.4. The van der Waals surface area contributed by atoms with Crippen LogP contribution in [0.2, 0.25) is 0 Å². The lowest BCUT2D eigenvalue weighted by Crippen LogP contribution is -1.83. The lowest BCUT2D eigenvalue weighted by molar-refractivity contribution is 0.542. The van der Waals surface area contributed by atoms with Crippen molar-refractivity contribution in [2.24, 2.45) is 5.18 Å².